The van der Waals surface area contributed by atoms with Gasteiger partial charge in [-0.1, -0.05) is 31.5 Å². The molecule has 1 rings (SSSR count). The van der Waals surface area contributed by atoms with Gasteiger partial charge in [0.15, 0.2) is 0 Å². The third kappa shape index (κ3) is 3.71. The minimum atomic E-state index is -0.259. The number of carbonyl (C=O) groups excluding carboxylic acids is 1. The fourth-order valence-corrected chi connectivity index (χ4v) is 0.788. The van der Waals surface area contributed by atoms with Crippen LogP contribution in [0.3, 0.4) is 0 Å². The lowest BCUT2D eigenvalue weighted by Gasteiger charge is -1.98. The van der Waals surface area contributed by atoms with E-state index in [-0.39, 0.29) is 5.91 Å². The number of hydrogen-bond acceptors (Lipinski definition) is 2. The summed E-state index contributed by atoms with van der Waals surface area (Å²) in [6, 6.07) is 7.20. The van der Waals surface area contributed by atoms with Gasteiger partial charge in [0.2, 0.25) is 0 Å². The quantitative estimate of drug-likeness (QED) is 0.392. The Labute approximate surface area is 78.9 Å². The Morgan fingerprint density at radius 2 is 1.69 bits per heavy atom. The van der Waals surface area contributed by atoms with Crippen LogP contribution in [0.5, 0.6) is 0 Å². The molecule has 0 bridgehead atoms. The van der Waals surface area contributed by atoms with Crippen molar-refractivity contribution in [2.75, 3.05) is 0 Å². The van der Waals surface area contributed by atoms with Crippen LogP contribution in [0.1, 0.15) is 29.8 Å². The average molecular weight is 180 g/mol. The zero-order valence-corrected chi connectivity index (χ0v) is 8.29. The Hall–Kier alpha value is -1.35. The number of aryl methyl sites for hydroxylation is 1. The van der Waals surface area contributed by atoms with Crippen LogP contribution in [-0.2, 0) is 0 Å². The van der Waals surface area contributed by atoms with Crippen molar-refractivity contribution in [3.05, 3.63) is 35.4 Å². The summed E-state index contributed by atoms with van der Waals surface area (Å²) in [5.41, 5.74) is 3.77. The molecule has 0 atom stereocenters. The lowest BCUT2D eigenvalue weighted by Crippen LogP contribution is -2.29. The number of rotatable bonds is 1. The molecule has 1 amide bonds. The molecule has 3 heteroatoms. The van der Waals surface area contributed by atoms with Crippen molar-refractivity contribution in [3.63, 3.8) is 0 Å². The number of hydrogen-bond donors (Lipinski definition) is 2. The SMILES string of the molecule is CC.Cc1ccc(C(=O)NN)cc1. The van der Waals surface area contributed by atoms with Gasteiger partial charge >= 0.3 is 0 Å². The van der Waals surface area contributed by atoms with Gasteiger partial charge < -0.3 is 0 Å². The van der Waals surface area contributed by atoms with Gasteiger partial charge in [0.05, 0.1) is 0 Å². The third-order valence-corrected chi connectivity index (χ3v) is 1.44. The predicted molar refractivity (Wildman–Crippen MR) is 54.2 cm³/mol. The molecule has 0 heterocycles. The summed E-state index contributed by atoms with van der Waals surface area (Å²) in [7, 11) is 0. The van der Waals surface area contributed by atoms with E-state index in [1.165, 1.54) is 0 Å². The van der Waals surface area contributed by atoms with Crippen LogP contribution in [0.4, 0.5) is 0 Å². The maximum Gasteiger partial charge on any atom is 0.265 e. The number of nitrogens with one attached hydrogen (secondary N) is 1. The second-order valence-corrected chi connectivity index (χ2v) is 2.34. The molecule has 0 aromatic heterocycles. The van der Waals surface area contributed by atoms with Gasteiger partial charge in [-0.15, -0.1) is 0 Å². The smallest absolute Gasteiger partial charge is 0.265 e. The van der Waals surface area contributed by atoms with Crippen molar-refractivity contribution in [1.82, 2.24) is 5.43 Å². The fraction of sp³-hybridized carbons (Fsp3) is 0.300. The van der Waals surface area contributed by atoms with E-state index in [4.69, 9.17) is 5.84 Å². The zero-order valence-electron chi connectivity index (χ0n) is 8.29. The molecule has 13 heavy (non-hydrogen) atoms. The van der Waals surface area contributed by atoms with Crippen LogP contribution in [0, 0.1) is 6.92 Å². The normalized spacial score (nSPS) is 8.31. The molecule has 3 nitrogen and oxygen atoms in total. The molecule has 0 aliphatic rings. The Morgan fingerprint density at radius 1 is 1.23 bits per heavy atom. The van der Waals surface area contributed by atoms with Gasteiger partial charge in [-0.05, 0) is 19.1 Å². The monoisotopic (exact) mass is 180 g/mol. The van der Waals surface area contributed by atoms with Gasteiger partial charge in [0.25, 0.3) is 5.91 Å². The second kappa shape index (κ2) is 6.20. The zero-order chi connectivity index (χ0) is 10.3. The Morgan fingerprint density at radius 3 is 2.08 bits per heavy atom. The van der Waals surface area contributed by atoms with E-state index in [1.54, 1.807) is 12.1 Å². The number of hydrazine groups is 1. The third-order valence-electron chi connectivity index (χ3n) is 1.44. The largest absolute Gasteiger partial charge is 0.290 e. The molecule has 0 fully saturated rings. The molecule has 0 aliphatic carbocycles. The van der Waals surface area contributed by atoms with Gasteiger partial charge in [-0.3, -0.25) is 10.2 Å². The molecule has 1 aromatic rings. The van der Waals surface area contributed by atoms with E-state index < -0.39 is 0 Å². The summed E-state index contributed by atoms with van der Waals surface area (Å²) < 4.78 is 0. The van der Waals surface area contributed by atoms with Gasteiger partial charge in [0, 0.05) is 5.56 Å². The first-order valence-electron chi connectivity index (χ1n) is 4.31. The van der Waals surface area contributed by atoms with Gasteiger partial charge in [0.1, 0.15) is 0 Å². The van der Waals surface area contributed by atoms with Crippen LogP contribution in [0.25, 0.3) is 0 Å². The molecule has 0 saturated carbocycles. The molecule has 0 unspecified atom stereocenters. The van der Waals surface area contributed by atoms with Crippen molar-refractivity contribution in [3.8, 4) is 0 Å². The van der Waals surface area contributed by atoms with Gasteiger partial charge in [-0.25, -0.2) is 5.84 Å². The minimum absolute atomic E-state index is 0.259. The first-order valence-corrected chi connectivity index (χ1v) is 4.31. The second-order valence-electron chi connectivity index (χ2n) is 2.34. The average Bonchev–Trinajstić information content (AvgIpc) is 2.21. The van der Waals surface area contributed by atoms with Gasteiger partial charge in [-0.2, -0.15) is 0 Å². The van der Waals surface area contributed by atoms with Crippen molar-refractivity contribution in [2.24, 2.45) is 5.84 Å². The highest BCUT2D eigenvalue weighted by Crippen LogP contribution is 2.01. The summed E-state index contributed by atoms with van der Waals surface area (Å²) in [5.74, 6) is 4.68. The topological polar surface area (TPSA) is 55.1 Å². The highest BCUT2D eigenvalue weighted by molar-refractivity contribution is 5.93. The molecule has 0 spiro atoms. The summed E-state index contributed by atoms with van der Waals surface area (Å²) in [6.45, 7) is 5.96. The van der Waals surface area contributed by atoms with Crippen molar-refractivity contribution in [2.45, 2.75) is 20.8 Å². The van der Waals surface area contributed by atoms with E-state index in [0.717, 1.165) is 5.56 Å². The summed E-state index contributed by atoms with van der Waals surface area (Å²) in [4.78, 5) is 10.9. The summed E-state index contributed by atoms with van der Waals surface area (Å²) in [6.07, 6.45) is 0. The van der Waals surface area contributed by atoms with E-state index >= 15 is 0 Å². The summed E-state index contributed by atoms with van der Waals surface area (Å²) >= 11 is 0. The predicted octanol–water partition coefficient (Wildman–Crippen LogP) is 1.62. The molecule has 3 N–H and O–H groups in total. The fourth-order valence-electron chi connectivity index (χ4n) is 0.788. The standard InChI is InChI=1S/C8H10N2O.C2H6/c1-6-2-4-7(5-3-6)8(11)10-9;1-2/h2-5H,9H2,1H3,(H,10,11);1-2H3. The van der Waals surface area contributed by atoms with Crippen LogP contribution < -0.4 is 11.3 Å². The van der Waals surface area contributed by atoms with Crippen LogP contribution in [0.15, 0.2) is 24.3 Å². The van der Waals surface area contributed by atoms with Crippen molar-refractivity contribution < 1.29 is 4.79 Å². The minimum Gasteiger partial charge on any atom is -0.290 e. The van der Waals surface area contributed by atoms with Crippen LogP contribution in [0.2, 0.25) is 0 Å². The van der Waals surface area contributed by atoms with E-state index in [9.17, 15) is 4.79 Å². The first-order chi connectivity index (χ1) is 6.24. The molecule has 0 saturated heterocycles. The number of nitrogen functional groups attached to an aromatic ring is 1. The molecular weight excluding hydrogens is 164 g/mol. The lowest BCUT2D eigenvalue weighted by molar-refractivity contribution is 0.0953. The van der Waals surface area contributed by atoms with E-state index in [0.29, 0.717) is 5.56 Å². The molecule has 72 valence electrons. The van der Waals surface area contributed by atoms with E-state index in [2.05, 4.69) is 5.43 Å². The number of benzene rings is 1. The Bertz CT molecular complexity index is 254. The molecular formula is C10H16N2O. The lowest BCUT2D eigenvalue weighted by atomic mass is 10.1. The molecule has 0 aliphatic heterocycles. The number of nitrogens with two attached hydrogens (primary N) is 1. The highest BCUT2D eigenvalue weighted by atomic mass is 16.2. The molecule has 0 radical (unpaired) electrons. The Kier molecular flexibility index (Phi) is 5.55. The summed E-state index contributed by atoms with van der Waals surface area (Å²) in [5, 5.41) is 0. The number of amides is 1. The van der Waals surface area contributed by atoms with Crippen molar-refractivity contribution >= 4 is 5.91 Å². The van der Waals surface area contributed by atoms with Crippen LogP contribution >= 0.6 is 0 Å². The van der Waals surface area contributed by atoms with E-state index in [1.807, 2.05) is 32.9 Å². The van der Waals surface area contributed by atoms with Crippen molar-refractivity contribution in [1.29, 1.82) is 0 Å². The first kappa shape index (κ1) is 11.6. The van der Waals surface area contributed by atoms with Crippen LogP contribution in [-0.4, -0.2) is 5.91 Å². The molecule has 1 aromatic carbocycles. The maximum atomic E-state index is 10.9. The Balaban J connectivity index is 0.000000671. The number of carbonyl (C=O) groups is 1. The highest BCUT2D eigenvalue weighted by Gasteiger charge is 1.99. The maximum absolute atomic E-state index is 10.9.